The van der Waals surface area contributed by atoms with E-state index in [-0.39, 0.29) is 6.54 Å². The van der Waals surface area contributed by atoms with Crippen molar-refractivity contribution in [3.8, 4) is 11.8 Å². The number of nitrogens with one attached hydrogen (secondary N) is 2. The molecular formula is C17H22N4O4. The molecule has 25 heavy (non-hydrogen) atoms. The van der Waals surface area contributed by atoms with Crippen LogP contribution in [0.25, 0.3) is 0 Å². The molecule has 1 atom stereocenters. The van der Waals surface area contributed by atoms with Crippen molar-refractivity contribution in [3.05, 3.63) is 35.4 Å². The molecule has 134 valence electrons. The molecule has 0 aliphatic carbocycles. The van der Waals surface area contributed by atoms with E-state index in [2.05, 4.69) is 22.1 Å². The Labute approximate surface area is 146 Å². The van der Waals surface area contributed by atoms with Crippen molar-refractivity contribution in [3.63, 3.8) is 0 Å². The van der Waals surface area contributed by atoms with Crippen molar-refractivity contribution in [2.45, 2.75) is 12.6 Å². The number of amides is 2. The summed E-state index contributed by atoms with van der Waals surface area (Å²) < 4.78 is 5.32. The van der Waals surface area contributed by atoms with Gasteiger partial charge in [-0.2, -0.15) is 0 Å². The van der Waals surface area contributed by atoms with Crippen LogP contribution in [0.2, 0.25) is 0 Å². The van der Waals surface area contributed by atoms with Crippen molar-refractivity contribution in [1.82, 2.24) is 15.7 Å². The minimum atomic E-state index is -1.03. The maximum Gasteiger partial charge on any atom is 0.296 e. The molecule has 1 aromatic rings. The van der Waals surface area contributed by atoms with Crippen LogP contribution in [0, 0.1) is 11.8 Å². The predicted molar refractivity (Wildman–Crippen MR) is 90.3 cm³/mol. The molecule has 0 bridgehead atoms. The summed E-state index contributed by atoms with van der Waals surface area (Å²) in [5.41, 5.74) is 8.65. The molecule has 2 amide bonds. The molecule has 0 unspecified atom stereocenters. The van der Waals surface area contributed by atoms with Gasteiger partial charge in [-0.05, 0) is 17.7 Å². The van der Waals surface area contributed by atoms with Crippen LogP contribution in [0.4, 0.5) is 0 Å². The fourth-order valence-electron chi connectivity index (χ4n) is 2.34. The maximum absolute atomic E-state index is 11.7. The highest BCUT2D eigenvalue weighted by Crippen LogP contribution is 2.08. The molecule has 1 aromatic carbocycles. The normalized spacial score (nSPS) is 15.6. The van der Waals surface area contributed by atoms with Gasteiger partial charge in [0.15, 0.2) is 0 Å². The lowest BCUT2D eigenvalue weighted by Gasteiger charge is -2.26. The third kappa shape index (κ3) is 6.17. The van der Waals surface area contributed by atoms with Crippen molar-refractivity contribution in [2.24, 2.45) is 5.73 Å². The van der Waals surface area contributed by atoms with Gasteiger partial charge in [0.25, 0.3) is 11.8 Å². The van der Waals surface area contributed by atoms with E-state index in [1.54, 1.807) is 0 Å². The molecule has 1 aliphatic heterocycles. The Balaban J connectivity index is 1.89. The molecule has 5 N–H and O–H groups in total. The first-order chi connectivity index (χ1) is 12.1. The quantitative estimate of drug-likeness (QED) is 0.303. The molecule has 1 fully saturated rings. The van der Waals surface area contributed by atoms with Crippen LogP contribution < -0.4 is 16.5 Å². The lowest BCUT2D eigenvalue weighted by molar-refractivity contribution is -0.133. The summed E-state index contributed by atoms with van der Waals surface area (Å²) in [4.78, 5) is 25.3. The Morgan fingerprint density at radius 1 is 1.28 bits per heavy atom. The van der Waals surface area contributed by atoms with Gasteiger partial charge in [-0.3, -0.25) is 19.7 Å². The predicted octanol–water partition coefficient (Wildman–Crippen LogP) is -1.18. The minimum absolute atomic E-state index is 0.143. The van der Waals surface area contributed by atoms with Gasteiger partial charge in [-0.15, -0.1) is 0 Å². The van der Waals surface area contributed by atoms with E-state index < -0.39 is 17.9 Å². The Morgan fingerprint density at radius 2 is 1.96 bits per heavy atom. The lowest BCUT2D eigenvalue weighted by atomic mass is 10.1. The second kappa shape index (κ2) is 9.76. The summed E-state index contributed by atoms with van der Waals surface area (Å²) in [7, 11) is 0. The summed E-state index contributed by atoms with van der Waals surface area (Å²) in [6, 6.07) is 6.61. The fraction of sp³-hybridized carbons (Fsp3) is 0.412. The first kappa shape index (κ1) is 18.9. The van der Waals surface area contributed by atoms with E-state index in [1.165, 1.54) is 11.0 Å². The number of ether oxygens (including phenoxy) is 1. The smallest absolute Gasteiger partial charge is 0.296 e. The first-order valence-corrected chi connectivity index (χ1v) is 7.98. The lowest BCUT2D eigenvalue weighted by Crippen LogP contribution is -2.49. The Morgan fingerprint density at radius 3 is 2.56 bits per heavy atom. The summed E-state index contributed by atoms with van der Waals surface area (Å²) in [5.74, 6) is 3.70. The summed E-state index contributed by atoms with van der Waals surface area (Å²) in [6.07, 6.45) is 0. The second-order valence-corrected chi connectivity index (χ2v) is 5.57. The number of morpholine rings is 1. The van der Waals surface area contributed by atoms with Crippen LogP contribution in [0.15, 0.2) is 24.3 Å². The van der Waals surface area contributed by atoms with Crippen LogP contribution in [0.5, 0.6) is 0 Å². The SMILES string of the molecule is NC[C@H](NC(=O)C#Cc1ccc(CN2CCOCC2)cc1)C(=O)NO. The third-order valence-electron chi connectivity index (χ3n) is 3.75. The number of nitrogens with zero attached hydrogens (tertiary/aromatic N) is 1. The van der Waals surface area contributed by atoms with Gasteiger partial charge in [-0.25, -0.2) is 5.48 Å². The van der Waals surface area contributed by atoms with Crippen molar-refractivity contribution in [2.75, 3.05) is 32.8 Å². The molecule has 1 saturated heterocycles. The van der Waals surface area contributed by atoms with Crippen molar-refractivity contribution < 1.29 is 19.5 Å². The van der Waals surface area contributed by atoms with E-state index in [1.807, 2.05) is 24.3 Å². The van der Waals surface area contributed by atoms with E-state index in [0.717, 1.165) is 32.8 Å². The van der Waals surface area contributed by atoms with E-state index >= 15 is 0 Å². The molecule has 8 heteroatoms. The molecular weight excluding hydrogens is 324 g/mol. The summed E-state index contributed by atoms with van der Waals surface area (Å²) in [5, 5.41) is 10.9. The van der Waals surface area contributed by atoms with Crippen LogP contribution in [-0.4, -0.2) is 60.8 Å². The summed E-state index contributed by atoms with van der Waals surface area (Å²) in [6.45, 7) is 4.08. The number of carbonyl (C=O) groups excluding carboxylic acids is 2. The molecule has 1 heterocycles. The van der Waals surface area contributed by atoms with E-state index in [4.69, 9.17) is 15.7 Å². The molecule has 8 nitrogen and oxygen atoms in total. The monoisotopic (exact) mass is 346 g/mol. The number of benzene rings is 1. The zero-order valence-electron chi connectivity index (χ0n) is 13.8. The van der Waals surface area contributed by atoms with Crippen molar-refractivity contribution in [1.29, 1.82) is 0 Å². The van der Waals surface area contributed by atoms with Gasteiger partial charge in [-0.1, -0.05) is 18.1 Å². The Hall–Kier alpha value is -2.44. The average Bonchev–Trinajstić information content (AvgIpc) is 2.65. The standard InChI is InChI=1S/C17H22N4O4/c18-11-15(17(23)20-24)19-16(22)6-5-13-1-3-14(4-2-13)12-21-7-9-25-10-8-21/h1-4,15,24H,7-12,18H2,(H,19,22)(H,20,23)/t15-/m0/s1. The molecule has 2 rings (SSSR count). The largest absolute Gasteiger partial charge is 0.379 e. The second-order valence-electron chi connectivity index (χ2n) is 5.57. The van der Waals surface area contributed by atoms with Gasteiger partial charge < -0.3 is 15.8 Å². The molecule has 0 saturated carbocycles. The number of rotatable bonds is 5. The van der Waals surface area contributed by atoms with Gasteiger partial charge in [0.1, 0.15) is 6.04 Å². The van der Waals surface area contributed by atoms with Crippen LogP contribution in [-0.2, 0) is 20.9 Å². The van der Waals surface area contributed by atoms with E-state index in [0.29, 0.717) is 5.56 Å². The topological polar surface area (TPSA) is 117 Å². The maximum atomic E-state index is 11.7. The molecule has 1 aliphatic rings. The highest BCUT2D eigenvalue weighted by molar-refractivity contribution is 5.97. The Bertz CT molecular complexity index is 645. The van der Waals surface area contributed by atoms with Crippen molar-refractivity contribution >= 4 is 11.8 Å². The average molecular weight is 346 g/mol. The van der Waals surface area contributed by atoms with Crippen LogP contribution >= 0.6 is 0 Å². The van der Waals surface area contributed by atoms with Crippen LogP contribution in [0.1, 0.15) is 11.1 Å². The van der Waals surface area contributed by atoms with Gasteiger partial charge >= 0.3 is 0 Å². The zero-order valence-corrected chi connectivity index (χ0v) is 13.8. The minimum Gasteiger partial charge on any atom is -0.379 e. The number of nitrogens with two attached hydrogens (primary N) is 1. The molecule has 0 spiro atoms. The van der Waals surface area contributed by atoms with Gasteiger partial charge in [0, 0.05) is 37.7 Å². The number of hydroxylamine groups is 1. The summed E-state index contributed by atoms with van der Waals surface area (Å²) >= 11 is 0. The molecule has 0 radical (unpaired) electrons. The molecule has 0 aromatic heterocycles. The highest BCUT2D eigenvalue weighted by Gasteiger charge is 2.17. The first-order valence-electron chi connectivity index (χ1n) is 7.98. The number of hydrogen-bond donors (Lipinski definition) is 4. The number of carbonyl (C=O) groups is 2. The Kier molecular flexibility index (Phi) is 7.37. The fourth-order valence-corrected chi connectivity index (χ4v) is 2.34. The third-order valence-corrected chi connectivity index (χ3v) is 3.75. The van der Waals surface area contributed by atoms with Gasteiger partial charge in [0.05, 0.1) is 13.2 Å². The van der Waals surface area contributed by atoms with Gasteiger partial charge in [0.2, 0.25) is 0 Å². The zero-order chi connectivity index (χ0) is 18.1. The number of hydrogen-bond acceptors (Lipinski definition) is 6. The van der Waals surface area contributed by atoms with E-state index in [9.17, 15) is 9.59 Å². The van der Waals surface area contributed by atoms with Crippen LogP contribution in [0.3, 0.4) is 0 Å². The highest BCUT2D eigenvalue weighted by atomic mass is 16.5.